The van der Waals surface area contributed by atoms with Gasteiger partial charge in [0.2, 0.25) is 0 Å². The summed E-state index contributed by atoms with van der Waals surface area (Å²) in [5, 5.41) is 6.74. The molecule has 2 heteroatoms. The van der Waals surface area contributed by atoms with E-state index < -0.39 is 5.60 Å². The first-order valence-corrected chi connectivity index (χ1v) is 7.84. The molecule has 0 heterocycles. The first-order valence-electron chi connectivity index (χ1n) is 7.84. The molecule has 4 aromatic carbocycles. The zero-order valence-electron chi connectivity index (χ0n) is 13.5. The Morgan fingerprint density at radius 2 is 1.43 bits per heavy atom. The van der Waals surface area contributed by atoms with Gasteiger partial charge < -0.3 is 4.74 Å². The highest BCUT2D eigenvalue weighted by Gasteiger charge is 2.21. The van der Waals surface area contributed by atoms with Crippen LogP contribution in [0.4, 0.5) is 0 Å². The highest BCUT2D eigenvalue weighted by molar-refractivity contribution is 6.26. The van der Waals surface area contributed by atoms with Gasteiger partial charge in [-0.05, 0) is 59.2 Å². The number of hydrogen-bond donors (Lipinski definition) is 0. The third-order valence-electron chi connectivity index (χ3n) is 4.13. The molecule has 114 valence electrons. The van der Waals surface area contributed by atoms with Crippen LogP contribution in [0.15, 0.2) is 54.6 Å². The van der Waals surface area contributed by atoms with Gasteiger partial charge in [-0.2, -0.15) is 0 Å². The average Bonchev–Trinajstić information content (AvgIpc) is 2.50. The van der Waals surface area contributed by atoms with Crippen molar-refractivity contribution in [1.82, 2.24) is 0 Å². The first kappa shape index (κ1) is 14.0. The van der Waals surface area contributed by atoms with Crippen LogP contribution in [0.25, 0.3) is 32.3 Å². The van der Waals surface area contributed by atoms with Crippen molar-refractivity contribution in [2.75, 3.05) is 0 Å². The van der Waals surface area contributed by atoms with Crippen molar-refractivity contribution < 1.29 is 9.53 Å². The van der Waals surface area contributed by atoms with E-state index >= 15 is 0 Å². The Kier molecular flexibility index (Phi) is 2.86. The lowest BCUT2D eigenvalue weighted by molar-refractivity contribution is 0.00720. The van der Waals surface area contributed by atoms with Gasteiger partial charge in [0.1, 0.15) is 5.60 Å². The van der Waals surface area contributed by atoms with Gasteiger partial charge in [0, 0.05) is 0 Å². The van der Waals surface area contributed by atoms with Crippen LogP contribution >= 0.6 is 0 Å². The highest BCUT2D eigenvalue weighted by Crippen LogP contribution is 2.36. The maximum Gasteiger partial charge on any atom is 0.339 e. The van der Waals surface area contributed by atoms with Crippen LogP contribution in [-0.2, 0) is 4.74 Å². The second-order valence-electron chi connectivity index (χ2n) is 6.97. The maximum absolute atomic E-state index is 12.7. The summed E-state index contributed by atoms with van der Waals surface area (Å²) in [6.45, 7) is 5.68. The molecule has 0 spiro atoms. The van der Waals surface area contributed by atoms with Crippen LogP contribution in [0, 0.1) is 0 Å². The van der Waals surface area contributed by atoms with Gasteiger partial charge in [-0.1, -0.05) is 48.5 Å². The molecule has 0 aliphatic heterocycles. The van der Waals surface area contributed by atoms with E-state index in [9.17, 15) is 4.79 Å². The summed E-state index contributed by atoms with van der Waals surface area (Å²) in [5.74, 6) is -0.267. The van der Waals surface area contributed by atoms with Crippen LogP contribution in [0.1, 0.15) is 31.1 Å². The van der Waals surface area contributed by atoms with Gasteiger partial charge in [-0.3, -0.25) is 0 Å². The molecule has 0 aromatic heterocycles. The van der Waals surface area contributed by atoms with Crippen LogP contribution in [0.3, 0.4) is 0 Å². The molecule has 0 aliphatic carbocycles. The van der Waals surface area contributed by atoms with Crippen LogP contribution < -0.4 is 0 Å². The maximum atomic E-state index is 12.7. The number of rotatable bonds is 1. The fourth-order valence-electron chi connectivity index (χ4n) is 3.26. The predicted molar refractivity (Wildman–Crippen MR) is 95.3 cm³/mol. The summed E-state index contributed by atoms with van der Waals surface area (Å²) in [5.41, 5.74) is 0.131. The van der Waals surface area contributed by atoms with E-state index in [1.807, 2.05) is 45.0 Å². The molecule has 0 radical (unpaired) electrons. The molecular formula is C21H18O2. The largest absolute Gasteiger partial charge is 0.456 e. The van der Waals surface area contributed by atoms with Crippen molar-refractivity contribution in [3.8, 4) is 0 Å². The number of ether oxygens (including phenoxy) is 1. The second-order valence-corrected chi connectivity index (χ2v) is 6.97. The summed E-state index contributed by atoms with van der Waals surface area (Å²) in [6.07, 6.45) is 0. The minimum Gasteiger partial charge on any atom is -0.456 e. The lowest BCUT2D eigenvalue weighted by Crippen LogP contribution is -2.24. The molecule has 2 nitrogen and oxygen atoms in total. The Hall–Kier alpha value is -2.61. The third-order valence-corrected chi connectivity index (χ3v) is 4.13. The van der Waals surface area contributed by atoms with E-state index in [4.69, 9.17) is 4.74 Å². The van der Waals surface area contributed by atoms with Crippen molar-refractivity contribution in [3.63, 3.8) is 0 Å². The summed E-state index contributed by atoms with van der Waals surface area (Å²) < 4.78 is 5.61. The van der Waals surface area contributed by atoms with Gasteiger partial charge >= 0.3 is 5.97 Å². The normalized spacial score (nSPS) is 12.3. The minimum atomic E-state index is -0.505. The summed E-state index contributed by atoms with van der Waals surface area (Å²) in [6, 6.07) is 18.5. The van der Waals surface area contributed by atoms with Gasteiger partial charge in [-0.15, -0.1) is 0 Å². The van der Waals surface area contributed by atoms with Gasteiger partial charge in [-0.25, -0.2) is 4.79 Å². The molecule has 0 atom stereocenters. The van der Waals surface area contributed by atoms with Crippen molar-refractivity contribution in [3.05, 3.63) is 60.2 Å². The summed E-state index contributed by atoms with van der Waals surface area (Å²) in [7, 11) is 0. The van der Waals surface area contributed by atoms with Gasteiger partial charge in [0.15, 0.2) is 0 Å². The quantitative estimate of drug-likeness (QED) is 0.341. The zero-order chi connectivity index (χ0) is 16.2. The smallest absolute Gasteiger partial charge is 0.339 e. The van der Waals surface area contributed by atoms with Crippen molar-refractivity contribution in [2.24, 2.45) is 0 Å². The fourth-order valence-corrected chi connectivity index (χ4v) is 3.26. The Morgan fingerprint density at radius 3 is 2.13 bits per heavy atom. The average molecular weight is 302 g/mol. The molecule has 0 unspecified atom stereocenters. The summed E-state index contributed by atoms with van der Waals surface area (Å²) >= 11 is 0. The first-order chi connectivity index (χ1) is 10.9. The number of benzene rings is 4. The molecule has 0 saturated heterocycles. The molecule has 0 saturated carbocycles. The van der Waals surface area contributed by atoms with Crippen molar-refractivity contribution >= 4 is 38.3 Å². The number of carbonyl (C=O) groups excluding carboxylic acids is 1. The van der Waals surface area contributed by atoms with Gasteiger partial charge in [0.25, 0.3) is 0 Å². The molecule has 0 aliphatic rings. The number of carbonyl (C=O) groups is 1. The van der Waals surface area contributed by atoms with E-state index in [1.165, 1.54) is 10.8 Å². The Bertz CT molecular complexity index is 1040. The molecular weight excluding hydrogens is 284 g/mol. The Labute approximate surface area is 135 Å². The standard InChI is InChI=1S/C21H18O2/c1-21(2,3)23-20(22)17-12-15-8-4-6-13-10-11-14-7-5-9-16(17)19(14)18(13)15/h4-12H,1-3H3. The topological polar surface area (TPSA) is 26.3 Å². The van der Waals surface area contributed by atoms with Crippen molar-refractivity contribution in [2.45, 2.75) is 26.4 Å². The number of esters is 1. The van der Waals surface area contributed by atoms with E-state index in [0.717, 1.165) is 21.5 Å². The monoisotopic (exact) mass is 302 g/mol. The van der Waals surface area contributed by atoms with E-state index in [0.29, 0.717) is 5.56 Å². The minimum absolute atomic E-state index is 0.267. The predicted octanol–water partition coefficient (Wildman–Crippen LogP) is 5.54. The molecule has 0 bridgehead atoms. The Balaban J connectivity index is 2.10. The highest BCUT2D eigenvalue weighted by atomic mass is 16.6. The lowest BCUT2D eigenvalue weighted by Gasteiger charge is -2.21. The third kappa shape index (κ3) is 2.22. The van der Waals surface area contributed by atoms with Crippen LogP contribution in [0.5, 0.6) is 0 Å². The van der Waals surface area contributed by atoms with Crippen LogP contribution in [-0.4, -0.2) is 11.6 Å². The Morgan fingerprint density at radius 1 is 0.826 bits per heavy atom. The molecule has 0 N–H and O–H groups in total. The molecule has 23 heavy (non-hydrogen) atoms. The molecule has 0 amide bonds. The molecule has 4 rings (SSSR count). The summed E-state index contributed by atoms with van der Waals surface area (Å²) in [4.78, 5) is 12.7. The van der Waals surface area contributed by atoms with Crippen LogP contribution in [0.2, 0.25) is 0 Å². The molecule has 4 aromatic rings. The second kappa shape index (κ2) is 4.69. The van der Waals surface area contributed by atoms with Gasteiger partial charge in [0.05, 0.1) is 5.56 Å². The lowest BCUT2D eigenvalue weighted by atomic mass is 9.91. The fraction of sp³-hybridized carbons (Fsp3) is 0.190. The van der Waals surface area contributed by atoms with E-state index in [-0.39, 0.29) is 5.97 Å². The SMILES string of the molecule is CC(C)(C)OC(=O)c1cc2cccc3ccc4cccc1c4c32. The number of hydrogen-bond acceptors (Lipinski definition) is 2. The zero-order valence-corrected chi connectivity index (χ0v) is 13.5. The van der Waals surface area contributed by atoms with E-state index in [2.05, 4.69) is 30.3 Å². The van der Waals surface area contributed by atoms with Crippen molar-refractivity contribution in [1.29, 1.82) is 0 Å². The van der Waals surface area contributed by atoms with E-state index in [1.54, 1.807) is 0 Å². The molecule has 0 fully saturated rings.